The topological polar surface area (TPSA) is 84.9 Å². The number of H-pyrrole nitrogens is 1. The Morgan fingerprint density at radius 2 is 2.08 bits per heavy atom. The SMILES string of the molecule is Cc1cc(=O)c(COC(=O)CCc2cnc3ccccc3c2)n[nH]1. The van der Waals surface area contributed by atoms with Crippen LogP contribution in [0.15, 0.2) is 47.4 Å². The number of fused-ring (bicyclic) bond motifs is 1. The number of carbonyl (C=O) groups excluding carboxylic acids is 1. The smallest absolute Gasteiger partial charge is 0.306 e. The molecule has 3 rings (SSSR count). The van der Waals surface area contributed by atoms with Crippen molar-refractivity contribution in [2.45, 2.75) is 26.4 Å². The maximum Gasteiger partial charge on any atom is 0.306 e. The fourth-order valence-electron chi connectivity index (χ4n) is 2.35. The van der Waals surface area contributed by atoms with Crippen LogP contribution in [0.5, 0.6) is 0 Å². The summed E-state index contributed by atoms with van der Waals surface area (Å²) >= 11 is 0. The van der Waals surface area contributed by atoms with E-state index in [2.05, 4.69) is 15.2 Å². The van der Waals surface area contributed by atoms with Crippen molar-refractivity contribution in [2.24, 2.45) is 0 Å². The molecule has 1 aromatic carbocycles. The zero-order chi connectivity index (χ0) is 16.9. The summed E-state index contributed by atoms with van der Waals surface area (Å²) in [5.41, 5.74) is 2.52. The first-order valence-corrected chi connectivity index (χ1v) is 7.66. The minimum absolute atomic E-state index is 0.121. The Morgan fingerprint density at radius 1 is 1.25 bits per heavy atom. The summed E-state index contributed by atoms with van der Waals surface area (Å²) in [6.45, 7) is 1.62. The summed E-state index contributed by atoms with van der Waals surface area (Å²) in [6.07, 6.45) is 2.53. The molecule has 0 unspecified atom stereocenters. The second kappa shape index (κ2) is 7.04. The van der Waals surface area contributed by atoms with Gasteiger partial charge in [0.2, 0.25) is 5.43 Å². The molecule has 2 heterocycles. The number of hydrogen-bond donors (Lipinski definition) is 1. The Morgan fingerprint density at radius 3 is 2.92 bits per heavy atom. The van der Waals surface area contributed by atoms with E-state index in [1.807, 2.05) is 30.3 Å². The van der Waals surface area contributed by atoms with Crippen LogP contribution in [0, 0.1) is 6.92 Å². The quantitative estimate of drug-likeness (QED) is 0.728. The number of rotatable bonds is 5. The molecule has 2 aromatic heterocycles. The van der Waals surface area contributed by atoms with Crippen molar-refractivity contribution in [3.05, 3.63) is 69.8 Å². The van der Waals surface area contributed by atoms with Gasteiger partial charge in [0, 0.05) is 29.8 Å². The molecule has 1 N–H and O–H groups in total. The molecular weight excluding hydrogens is 306 g/mol. The number of aromatic nitrogens is 3. The molecule has 6 heteroatoms. The molecule has 0 amide bonds. The third kappa shape index (κ3) is 3.84. The van der Waals surface area contributed by atoms with Gasteiger partial charge in [-0.1, -0.05) is 18.2 Å². The fourth-order valence-corrected chi connectivity index (χ4v) is 2.35. The van der Waals surface area contributed by atoms with E-state index in [0.29, 0.717) is 12.1 Å². The van der Waals surface area contributed by atoms with Gasteiger partial charge < -0.3 is 4.74 Å². The Labute approximate surface area is 138 Å². The molecule has 0 aliphatic rings. The van der Waals surface area contributed by atoms with Crippen molar-refractivity contribution >= 4 is 16.9 Å². The number of ether oxygens (including phenoxy) is 1. The maximum absolute atomic E-state index is 11.8. The van der Waals surface area contributed by atoms with Gasteiger partial charge in [0.25, 0.3) is 0 Å². The Hall–Kier alpha value is -3.02. The highest BCUT2D eigenvalue weighted by atomic mass is 16.5. The van der Waals surface area contributed by atoms with Gasteiger partial charge in [-0.25, -0.2) is 0 Å². The van der Waals surface area contributed by atoms with Crippen molar-refractivity contribution in [3.63, 3.8) is 0 Å². The first kappa shape index (κ1) is 15.9. The van der Waals surface area contributed by atoms with Gasteiger partial charge in [0.05, 0.1) is 5.52 Å². The molecule has 0 aliphatic carbocycles. The monoisotopic (exact) mass is 323 g/mol. The standard InChI is InChI=1S/C18H17N3O3/c1-12-8-17(22)16(21-20-12)11-24-18(23)7-6-13-9-14-4-2-3-5-15(14)19-10-13/h2-5,8-10H,6-7,11H2,1H3,(H,20,22). The van der Waals surface area contributed by atoms with E-state index in [1.54, 1.807) is 13.1 Å². The number of para-hydroxylation sites is 1. The number of pyridine rings is 1. The molecular formula is C18H17N3O3. The summed E-state index contributed by atoms with van der Waals surface area (Å²) in [4.78, 5) is 27.9. The lowest BCUT2D eigenvalue weighted by Crippen LogP contribution is -2.16. The van der Waals surface area contributed by atoms with E-state index < -0.39 is 0 Å². The number of aryl methyl sites for hydroxylation is 2. The number of hydrogen-bond acceptors (Lipinski definition) is 5. The molecule has 0 atom stereocenters. The van der Waals surface area contributed by atoms with Crippen LogP contribution in [0.25, 0.3) is 10.9 Å². The Balaban J connectivity index is 1.55. The van der Waals surface area contributed by atoms with Crippen LogP contribution in [0.4, 0.5) is 0 Å². The number of esters is 1. The number of aromatic amines is 1. The maximum atomic E-state index is 11.8. The van der Waals surface area contributed by atoms with Gasteiger partial charge in [0.1, 0.15) is 12.3 Å². The van der Waals surface area contributed by atoms with Crippen LogP contribution in [-0.4, -0.2) is 21.2 Å². The third-order valence-corrected chi connectivity index (χ3v) is 3.63. The molecule has 0 radical (unpaired) electrons. The molecule has 0 spiro atoms. The highest BCUT2D eigenvalue weighted by Gasteiger charge is 2.08. The van der Waals surface area contributed by atoms with Crippen LogP contribution < -0.4 is 5.43 Å². The van der Waals surface area contributed by atoms with Crippen molar-refractivity contribution < 1.29 is 9.53 Å². The van der Waals surface area contributed by atoms with E-state index >= 15 is 0 Å². The average molecular weight is 323 g/mol. The first-order valence-electron chi connectivity index (χ1n) is 7.66. The van der Waals surface area contributed by atoms with Gasteiger partial charge in [-0.2, -0.15) is 5.10 Å². The molecule has 0 saturated carbocycles. The van der Waals surface area contributed by atoms with Gasteiger partial charge in [0.15, 0.2) is 0 Å². The minimum atomic E-state index is -0.370. The molecule has 6 nitrogen and oxygen atoms in total. The fraction of sp³-hybridized carbons (Fsp3) is 0.222. The number of nitrogens with zero attached hydrogens (tertiary/aromatic N) is 2. The lowest BCUT2D eigenvalue weighted by molar-refractivity contribution is -0.145. The average Bonchev–Trinajstić information content (AvgIpc) is 2.59. The molecule has 0 fully saturated rings. The summed E-state index contributed by atoms with van der Waals surface area (Å²) in [5, 5.41) is 7.61. The number of carbonyl (C=O) groups is 1. The predicted molar refractivity (Wildman–Crippen MR) is 89.5 cm³/mol. The second-order valence-electron chi connectivity index (χ2n) is 5.56. The van der Waals surface area contributed by atoms with Crippen molar-refractivity contribution in [1.29, 1.82) is 0 Å². The van der Waals surface area contributed by atoms with E-state index in [1.165, 1.54) is 6.07 Å². The Kier molecular flexibility index (Phi) is 4.65. The molecule has 122 valence electrons. The summed E-state index contributed by atoms with van der Waals surface area (Å²) < 4.78 is 5.12. The second-order valence-corrected chi connectivity index (χ2v) is 5.56. The van der Waals surface area contributed by atoms with E-state index in [0.717, 1.165) is 16.5 Å². The zero-order valence-corrected chi connectivity index (χ0v) is 13.3. The zero-order valence-electron chi connectivity index (χ0n) is 13.3. The largest absolute Gasteiger partial charge is 0.459 e. The van der Waals surface area contributed by atoms with Crippen LogP contribution >= 0.6 is 0 Å². The van der Waals surface area contributed by atoms with Crippen LogP contribution in [0.1, 0.15) is 23.4 Å². The molecule has 3 aromatic rings. The van der Waals surface area contributed by atoms with Gasteiger partial charge in [-0.3, -0.25) is 19.7 Å². The van der Waals surface area contributed by atoms with Gasteiger partial charge >= 0.3 is 5.97 Å². The van der Waals surface area contributed by atoms with Crippen LogP contribution in [0.2, 0.25) is 0 Å². The van der Waals surface area contributed by atoms with E-state index in [-0.39, 0.29) is 30.1 Å². The first-order chi connectivity index (χ1) is 11.6. The van der Waals surface area contributed by atoms with Gasteiger partial charge in [-0.15, -0.1) is 0 Å². The highest BCUT2D eigenvalue weighted by Crippen LogP contribution is 2.14. The highest BCUT2D eigenvalue weighted by molar-refractivity contribution is 5.79. The Bertz CT molecular complexity index is 934. The summed E-state index contributed by atoms with van der Waals surface area (Å²) in [5.74, 6) is -0.370. The predicted octanol–water partition coefficient (Wildman–Crippen LogP) is 2.30. The molecule has 24 heavy (non-hydrogen) atoms. The number of nitrogens with one attached hydrogen (secondary N) is 1. The van der Waals surface area contributed by atoms with E-state index in [9.17, 15) is 9.59 Å². The van der Waals surface area contributed by atoms with Crippen molar-refractivity contribution in [2.75, 3.05) is 0 Å². The normalized spacial score (nSPS) is 10.7. The van der Waals surface area contributed by atoms with Crippen LogP contribution in [-0.2, 0) is 22.6 Å². The van der Waals surface area contributed by atoms with Crippen LogP contribution in [0.3, 0.4) is 0 Å². The number of benzene rings is 1. The third-order valence-electron chi connectivity index (χ3n) is 3.63. The molecule has 0 bridgehead atoms. The lowest BCUT2D eigenvalue weighted by atomic mass is 10.1. The van der Waals surface area contributed by atoms with Crippen molar-refractivity contribution in [3.8, 4) is 0 Å². The van der Waals surface area contributed by atoms with Crippen molar-refractivity contribution in [1.82, 2.24) is 15.2 Å². The minimum Gasteiger partial charge on any atom is -0.459 e. The lowest BCUT2D eigenvalue weighted by Gasteiger charge is -2.05. The molecule has 0 saturated heterocycles. The molecule has 0 aliphatic heterocycles. The summed E-state index contributed by atoms with van der Waals surface area (Å²) in [7, 11) is 0. The summed E-state index contributed by atoms with van der Waals surface area (Å²) in [6, 6.07) is 11.3. The van der Waals surface area contributed by atoms with E-state index in [4.69, 9.17) is 4.74 Å². The van der Waals surface area contributed by atoms with Gasteiger partial charge in [-0.05, 0) is 31.0 Å².